The second-order valence-electron chi connectivity index (χ2n) is 14.1. The van der Waals surface area contributed by atoms with Gasteiger partial charge in [0.2, 0.25) is 0 Å². The van der Waals surface area contributed by atoms with Gasteiger partial charge in [-0.25, -0.2) is 5.43 Å². The summed E-state index contributed by atoms with van der Waals surface area (Å²) in [5.74, 6) is 2.95. The van der Waals surface area contributed by atoms with Gasteiger partial charge in [-0.15, -0.1) is 0 Å². The number of morpholine rings is 1. The Balaban J connectivity index is 0.000000212. The molecule has 298 valence electrons. The molecule has 13 nitrogen and oxygen atoms in total. The lowest BCUT2D eigenvalue weighted by Crippen LogP contribution is -2.46. The summed E-state index contributed by atoms with van der Waals surface area (Å²) in [7, 11) is 4.27. The van der Waals surface area contributed by atoms with Gasteiger partial charge in [0.05, 0.1) is 31.3 Å². The average Bonchev–Trinajstić information content (AvgIpc) is 3.66. The van der Waals surface area contributed by atoms with E-state index in [4.69, 9.17) is 9.47 Å². The summed E-state index contributed by atoms with van der Waals surface area (Å²) in [6, 6.07) is 6.85. The van der Waals surface area contributed by atoms with Gasteiger partial charge < -0.3 is 56.6 Å². The lowest BCUT2D eigenvalue weighted by atomic mass is 10.0. The summed E-state index contributed by atoms with van der Waals surface area (Å²) in [5, 5.41) is 19.4. The van der Waals surface area contributed by atoms with E-state index in [1.807, 2.05) is 32.2 Å². The van der Waals surface area contributed by atoms with Crippen LogP contribution in [0, 0.1) is 12.8 Å². The second-order valence-corrected chi connectivity index (χ2v) is 14.1. The first-order valence-electron chi connectivity index (χ1n) is 19.6. The van der Waals surface area contributed by atoms with Crippen molar-refractivity contribution in [1.82, 2.24) is 47.2 Å². The third-order valence-corrected chi connectivity index (χ3v) is 8.90. The number of hydrazine groups is 1. The minimum Gasteiger partial charge on any atom is -0.490 e. The number of hydrogen-bond donors (Lipinski definition) is 8. The van der Waals surface area contributed by atoms with Crippen molar-refractivity contribution in [3.63, 3.8) is 0 Å². The number of fused-ring (bicyclic) bond motifs is 1. The molecule has 1 unspecified atom stereocenters. The van der Waals surface area contributed by atoms with Gasteiger partial charge in [0.1, 0.15) is 12.4 Å². The van der Waals surface area contributed by atoms with Gasteiger partial charge in [-0.3, -0.25) is 4.99 Å². The molecule has 0 spiro atoms. The molecule has 1 aromatic rings. The van der Waals surface area contributed by atoms with Crippen LogP contribution in [0.15, 0.2) is 47.2 Å². The van der Waals surface area contributed by atoms with E-state index < -0.39 is 0 Å². The predicted molar refractivity (Wildman–Crippen MR) is 221 cm³/mol. The van der Waals surface area contributed by atoms with E-state index in [-0.39, 0.29) is 0 Å². The molecule has 0 amide bonds. The molecular weight excluding hydrogens is 655 g/mol. The third kappa shape index (κ3) is 24.5. The maximum absolute atomic E-state index is 5.42. The van der Waals surface area contributed by atoms with Crippen LogP contribution >= 0.6 is 0 Å². The number of likely N-dealkylation sites (N-methyl/N-ethyl adjacent to an activating group) is 2. The lowest BCUT2D eigenvalue weighted by Gasteiger charge is -2.21. The Morgan fingerprint density at radius 2 is 1.50 bits per heavy atom. The zero-order valence-corrected chi connectivity index (χ0v) is 33.7. The number of rotatable bonds is 0. The van der Waals surface area contributed by atoms with Crippen molar-refractivity contribution in [3.05, 3.63) is 47.8 Å². The lowest BCUT2D eigenvalue weighted by molar-refractivity contribution is 0.0503. The normalized spacial score (nSPS) is 22.5. The Labute approximate surface area is 316 Å². The fraction of sp³-hybridized carbons (Fsp3) is 0.718. The molecule has 1 aromatic carbocycles. The molecule has 0 bridgehead atoms. The van der Waals surface area contributed by atoms with Crippen LogP contribution in [0.4, 0.5) is 5.69 Å². The molecular formula is C39H75N11O2. The van der Waals surface area contributed by atoms with Gasteiger partial charge in [0, 0.05) is 83.7 Å². The standard InChI is InChI=1S/C9H11NO.C6H13N.2C5H12N2.C5H8N2.C5H11NO.C4H8N2/c1-7-2-3-9-8(6-7)10-4-5-11-9;1-6-2-4-7-5-3-6;1-7-4-2-6-3-5-7;1-5-4-6-2-3-7-5;1-5-6-3-2-4-7-5;1-6-2-4-7-5-3-6;1-4-2-3-5-6-4/h2-3,6,10H,4-5H2,1H3;6-7H,2-5H2,1H3;6H,2-5H2,1H3;5-7H,2-4H2,1H3;2-3H,4H2,1H3,(H,6,7);2-5H2,1H3;2,5-6H,3H2,1H3. The van der Waals surface area contributed by atoms with Crippen molar-refractivity contribution >= 4 is 11.5 Å². The molecule has 13 heteroatoms. The van der Waals surface area contributed by atoms with Crippen LogP contribution in [-0.2, 0) is 4.74 Å². The number of amidine groups is 1. The number of piperazine rings is 2. The highest BCUT2D eigenvalue weighted by atomic mass is 16.5. The average molecular weight is 730 g/mol. The first-order chi connectivity index (χ1) is 25.2. The van der Waals surface area contributed by atoms with E-state index in [1.165, 1.54) is 50.3 Å². The number of nitrogens with one attached hydrogen (secondary N) is 8. The summed E-state index contributed by atoms with van der Waals surface area (Å²) in [4.78, 5) is 8.65. The molecule has 8 rings (SSSR count). The number of allylic oxidation sites excluding steroid dienone is 1. The van der Waals surface area contributed by atoms with Gasteiger partial charge in [0.15, 0.2) is 0 Å². The number of anilines is 1. The van der Waals surface area contributed by atoms with Crippen molar-refractivity contribution in [2.24, 2.45) is 10.9 Å². The van der Waals surface area contributed by atoms with E-state index in [1.54, 1.807) is 0 Å². The summed E-state index contributed by atoms with van der Waals surface area (Å²) in [5.41, 5.74) is 9.46. The SMILES string of the molecule is CC1=CCNN1.CC1=NCC=CN1.CC1CCNCC1.CC1CNCCN1.CN1CCNCC1.CN1CCOCC1.Cc1ccc2c(c1)NCCO2. The van der Waals surface area contributed by atoms with Crippen LogP contribution in [0.5, 0.6) is 5.75 Å². The van der Waals surface area contributed by atoms with Gasteiger partial charge in [-0.05, 0) is 110 Å². The Bertz CT molecular complexity index is 1050. The van der Waals surface area contributed by atoms with Crippen LogP contribution < -0.4 is 47.5 Å². The van der Waals surface area contributed by atoms with E-state index in [9.17, 15) is 0 Å². The van der Waals surface area contributed by atoms with Crippen LogP contribution in [0.25, 0.3) is 0 Å². The molecule has 4 fully saturated rings. The number of hydrogen-bond acceptors (Lipinski definition) is 13. The van der Waals surface area contributed by atoms with Gasteiger partial charge in [-0.2, -0.15) is 0 Å². The molecule has 7 aliphatic rings. The maximum atomic E-state index is 5.42. The van der Waals surface area contributed by atoms with E-state index in [2.05, 4.69) is 111 Å². The quantitative estimate of drug-likeness (QED) is 0.200. The van der Waals surface area contributed by atoms with E-state index in [0.717, 1.165) is 108 Å². The van der Waals surface area contributed by atoms with Crippen molar-refractivity contribution in [3.8, 4) is 5.75 Å². The molecule has 7 aliphatic heterocycles. The highest BCUT2D eigenvalue weighted by molar-refractivity contribution is 5.81. The number of piperidine rings is 1. The highest BCUT2D eigenvalue weighted by Crippen LogP contribution is 2.27. The van der Waals surface area contributed by atoms with Crippen molar-refractivity contribution in [1.29, 1.82) is 0 Å². The molecule has 4 saturated heterocycles. The Kier molecular flexibility index (Phi) is 25.9. The predicted octanol–water partition coefficient (Wildman–Crippen LogP) is 2.36. The molecule has 52 heavy (non-hydrogen) atoms. The van der Waals surface area contributed by atoms with Crippen molar-refractivity contribution in [2.75, 3.05) is 131 Å². The first-order valence-corrected chi connectivity index (χ1v) is 19.6. The summed E-state index contributed by atoms with van der Waals surface area (Å²) in [6.07, 6.45) is 8.73. The Morgan fingerprint density at radius 1 is 0.788 bits per heavy atom. The zero-order valence-electron chi connectivity index (χ0n) is 33.7. The fourth-order valence-corrected chi connectivity index (χ4v) is 5.36. The number of nitrogens with zero attached hydrogens (tertiary/aromatic N) is 3. The molecule has 0 radical (unpaired) electrons. The highest BCUT2D eigenvalue weighted by Gasteiger charge is 2.08. The van der Waals surface area contributed by atoms with Gasteiger partial charge in [-0.1, -0.05) is 13.0 Å². The largest absolute Gasteiger partial charge is 0.490 e. The number of ether oxygens (including phenoxy) is 2. The minimum absolute atomic E-state index is 0.675. The van der Waals surface area contributed by atoms with Crippen molar-refractivity contribution in [2.45, 2.75) is 53.5 Å². The van der Waals surface area contributed by atoms with Crippen LogP contribution in [-0.4, -0.2) is 147 Å². The second kappa shape index (κ2) is 29.7. The van der Waals surface area contributed by atoms with Gasteiger partial charge in [0.25, 0.3) is 0 Å². The molecule has 0 saturated carbocycles. The topological polar surface area (TPSA) is 134 Å². The number of aryl methyl sites for hydroxylation is 1. The zero-order chi connectivity index (χ0) is 37.7. The molecule has 0 aliphatic carbocycles. The van der Waals surface area contributed by atoms with Crippen LogP contribution in [0.1, 0.15) is 46.1 Å². The number of benzene rings is 1. The minimum atomic E-state index is 0.675. The number of aliphatic imine (C=N–C) groups is 1. The molecule has 1 atom stereocenters. The van der Waals surface area contributed by atoms with Crippen LogP contribution in [0.2, 0.25) is 0 Å². The van der Waals surface area contributed by atoms with Crippen molar-refractivity contribution < 1.29 is 9.47 Å². The van der Waals surface area contributed by atoms with E-state index in [0.29, 0.717) is 6.04 Å². The van der Waals surface area contributed by atoms with E-state index >= 15 is 0 Å². The molecule has 0 aromatic heterocycles. The fourth-order valence-electron chi connectivity index (χ4n) is 5.36. The Morgan fingerprint density at radius 3 is 1.90 bits per heavy atom. The first kappa shape index (κ1) is 45.4. The Hall–Kier alpha value is -2.75. The van der Waals surface area contributed by atoms with Gasteiger partial charge >= 0.3 is 0 Å². The smallest absolute Gasteiger partial charge is 0.142 e. The molecule has 8 N–H and O–H groups in total. The maximum Gasteiger partial charge on any atom is 0.142 e. The third-order valence-electron chi connectivity index (χ3n) is 8.90. The van der Waals surface area contributed by atoms with Crippen LogP contribution in [0.3, 0.4) is 0 Å². The summed E-state index contributed by atoms with van der Waals surface area (Å²) < 4.78 is 10.5. The molecule has 7 heterocycles. The monoisotopic (exact) mass is 730 g/mol. The summed E-state index contributed by atoms with van der Waals surface area (Å²) >= 11 is 0. The summed E-state index contributed by atoms with van der Waals surface area (Å²) in [6.45, 7) is 28.7.